The molecule has 29 heavy (non-hydrogen) atoms. The minimum Gasteiger partial charge on any atom is -0.489 e. The van der Waals surface area contributed by atoms with Crippen molar-refractivity contribution in [1.29, 1.82) is 0 Å². The molecule has 1 aliphatic heterocycles. The van der Waals surface area contributed by atoms with Gasteiger partial charge in [-0.3, -0.25) is 9.69 Å². The predicted molar refractivity (Wildman–Crippen MR) is 121 cm³/mol. The number of hydrogen-bond donors (Lipinski definition) is 0. The molecule has 2 aromatic carbocycles. The molecule has 0 saturated carbocycles. The molecule has 0 bridgehead atoms. The van der Waals surface area contributed by atoms with Crippen molar-refractivity contribution in [2.24, 2.45) is 5.92 Å². The van der Waals surface area contributed by atoms with E-state index in [1.54, 1.807) is 0 Å². The summed E-state index contributed by atoms with van der Waals surface area (Å²) in [5, 5.41) is 0. The molecule has 2 aromatic rings. The van der Waals surface area contributed by atoms with Gasteiger partial charge in [0, 0.05) is 12.1 Å². The van der Waals surface area contributed by atoms with E-state index in [-0.39, 0.29) is 5.43 Å². The smallest absolute Gasteiger partial charge is 0.224 e. The molecule has 1 saturated heterocycles. The van der Waals surface area contributed by atoms with E-state index >= 15 is 0 Å². The van der Waals surface area contributed by atoms with Crippen LogP contribution >= 0.6 is 0 Å². The number of benzene rings is 1. The Morgan fingerprint density at radius 3 is 2.45 bits per heavy atom. The van der Waals surface area contributed by atoms with Crippen LogP contribution < -0.4 is 10.2 Å². The molecule has 0 atom stereocenters. The zero-order valence-electron chi connectivity index (χ0n) is 18.2. The van der Waals surface area contributed by atoms with Crippen LogP contribution in [0, 0.1) is 5.92 Å². The summed E-state index contributed by atoms with van der Waals surface area (Å²) in [6.07, 6.45) is 4.45. The average Bonchev–Trinajstić information content (AvgIpc) is 2.88. The van der Waals surface area contributed by atoms with Gasteiger partial charge in [0.25, 0.3) is 0 Å². The van der Waals surface area contributed by atoms with Gasteiger partial charge < -0.3 is 4.74 Å². The van der Waals surface area contributed by atoms with Gasteiger partial charge in [0.15, 0.2) is 5.75 Å². The number of piperidine rings is 1. The first kappa shape index (κ1) is 21.6. The Labute approximate surface area is 175 Å². The minimum absolute atomic E-state index is 0.0526. The van der Waals surface area contributed by atoms with E-state index in [1.165, 1.54) is 18.4 Å². The molecule has 3 nitrogen and oxygen atoms in total. The van der Waals surface area contributed by atoms with Crippen molar-refractivity contribution in [3.63, 3.8) is 0 Å². The van der Waals surface area contributed by atoms with Gasteiger partial charge in [0.1, 0.15) is 0 Å². The van der Waals surface area contributed by atoms with Crippen LogP contribution in [0.25, 0.3) is 0 Å². The second-order valence-electron chi connectivity index (χ2n) is 8.61. The normalized spacial score (nSPS) is 15.6. The Kier molecular flexibility index (Phi) is 7.88. The third-order valence-corrected chi connectivity index (χ3v) is 5.89. The molecule has 1 fully saturated rings. The van der Waals surface area contributed by atoms with Crippen molar-refractivity contribution >= 4 is 0 Å². The maximum Gasteiger partial charge on any atom is 0.224 e. The zero-order chi connectivity index (χ0) is 20.6. The van der Waals surface area contributed by atoms with Gasteiger partial charge in [-0.2, -0.15) is 0 Å². The van der Waals surface area contributed by atoms with Crippen molar-refractivity contribution in [1.82, 2.24) is 4.90 Å². The topological polar surface area (TPSA) is 29.5 Å². The van der Waals surface area contributed by atoms with E-state index in [4.69, 9.17) is 4.74 Å². The highest BCUT2D eigenvalue weighted by atomic mass is 16.5. The summed E-state index contributed by atoms with van der Waals surface area (Å²) in [7, 11) is 0. The predicted octanol–water partition coefficient (Wildman–Crippen LogP) is 5.41. The third kappa shape index (κ3) is 6.17. The molecule has 3 rings (SSSR count). The number of rotatable bonds is 8. The van der Waals surface area contributed by atoms with Crippen LogP contribution in [0.15, 0.2) is 53.3 Å². The first-order valence-corrected chi connectivity index (χ1v) is 11.1. The van der Waals surface area contributed by atoms with Crippen molar-refractivity contribution < 1.29 is 4.74 Å². The van der Waals surface area contributed by atoms with Crippen LogP contribution in [0.4, 0.5) is 0 Å². The SMILES string of the molecule is CCCOc1cc(C(C)C)ccc(CN2CCC(Cc3ccccc3)CC2)c1=O. The highest BCUT2D eigenvalue weighted by molar-refractivity contribution is 5.33. The van der Waals surface area contributed by atoms with Crippen LogP contribution in [0.1, 0.15) is 62.6 Å². The highest BCUT2D eigenvalue weighted by Crippen LogP contribution is 2.23. The van der Waals surface area contributed by atoms with Crippen molar-refractivity contribution in [2.75, 3.05) is 19.7 Å². The van der Waals surface area contributed by atoms with Crippen molar-refractivity contribution in [2.45, 2.75) is 58.9 Å². The summed E-state index contributed by atoms with van der Waals surface area (Å²) in [6, 6.07) is 16.8. The number of likely N-dealkylation sites (tertiary alicyclic amines) is 1. The standard InChI is InChI=1S/C26H35NO2/c1-4-16-29-25-18-23(20(2)3)10-11-24(26(25)28)19-27-14-12-22(13-15-27)17-21-8-6-5-7-9-21/h5-11,18,20,22H,4,12-17,19H2,1-3H3. The van der Waals surface area contributed by atoms with Gasteiger partial charge in [-0.15, -0.1) is 0 Å². The summed E-state index contributed by atoms with van der Waals surface area (Å²) in [5.74, 6) is 1.62. The van der Waals surface area contributed by atoms with Gasteiger partial charge in [-0.1, -0.05) is 63.2 Å². The Balaban J connectivity index is 1.67. The minimum atomic E-state index is 0.0526. The monoisotopic (exact) mass is 393 g/mol. The van der Waals surface area contributed by atoms with Crippen molar-refractivity contribution in [3.8, 4) is 5.75 Å². The largest absolute Gasteiger partial charge is 0.489 e. The first-order valence-electron chi connectivity index (χ1n) is 11.1. The number of nitrogens with zero attached hydrogens (tertiary/aromatic N) is 1. The van der Waals surface area contributed by atoms with Gasteiger partial charge in [-0.05, 0) is 67.8 Å². The van der Waals surface area contributed by atoms with Crippen LogP contribution in [0.3, 0.4) is 0 Å². The Bertz CT molecular complexity index is 824. The Morgan fingerprint density at radius 2 is 1.79 bits per heavy atom. The number of ether oxygens (including phenoxy) is 1. The molecule has 0 aromatic heterocycles. The van der Waals surface area contributed by atoms with E-state index < -0.39 is 0 Å². The second-order valence-corrected chi connectivity index (χ2v) is 8.61. The zero-order valence-corrected chi connectivity index (χ0v) is 18.2. The average molecular weight is 394 g/mol. The van der Waals surface area contributed by atoms with E-state index in [2.05, 4.69) is 62.1 Å². The third-order valence-electron chi connectivity index (χ3n) is 5.89. The highest BCUT2D eigenvalue weighted by Gasteiger charge is 2.20. The molecule has 0 N–H and O–H groups in total. The molecule has 0 radical (unpaired) electrons. The second kappa shape index (κ2) is 10.6. The maximum atomic E-state index is 13.1. The lowest BCUT2D eigenvalue weighted by molar-refractivity contribution is 0.176. The quantitative estimate of drug-likeness (QED) is 0.600. The molecule has 1 heterocycles. The first-order chi connectivity index (χ1) is 14.1. The molecular formula is C26H35NO2. The summed E-state index contributed by atoms with van der Waals surface area (Å²) in [6.45, 7) is 9.78. The maximum absolute atomic E-state index is 13.1. The summed E-state index contributed by atoms with van der Waals surface area (Å²) < 4.78 is 5.82. The van der Waals surface area contributed by atoms with Crippen LogP contribution in [-0.2, 0) is 13.0 Å². The molecule has 0 aliphatic carbocycles. The summed E-state index contributed by atoms with van der Waals surface area (Å²) >= 11 is 0. The Morgan fingerprint density at radius 1 is 1.07 bits per heavy atom. The molecule has 1 aliphatic rings. The summed E-state index contributed by atoms with van der Waals surface area (Å²) in [4.78, 5) is 15.5. The van der Waals surface area contributed by atoms with Crippen LogP contribution in [-0.4, -0.2) is 24.6 Å². The van der Waals surface area contributed by atoms with Crippen LogP contribution in [0.5, 0.6) is 5.75 Å². The van der Waals surface area contributed by atoms with E-state index in [0.29, 0.717) is 24.8 Å². The summed E-state index contributed by atoms with van der Waals surface area (Å²) in [5.41, 5.74) is 3.49. The molecule has 3 heteroatoms. The van der Waals surface area contributed by atoms with E-state index in [9.17, 15) is 4.79 Å². The lowest BCUT2D eigenvalue weighted by atomic mass is 9.90. The van der Waals surface area contributed by atoms with Crippen molar-refractivity contribution in [3.05, 3.63) is 75.4 Å². The van der Waals surface area contributed by atoms with Gasteiger partial charge in [0.2, 0.25) is 5.43 Å². The molecule has 0 spiro atoms. The molecule has 0 amide bonds. The fourth-order valence-electron chi connectivity index (χ4n) is 4.04. The van der Waals surface area contributed by atoms with E-state index in [1.807, 2.05) is 12.1 Å². The molecule has 156 valence electrons. The fraction of sp³-hybridized carbons (Fsp3) is 0.500. The van der Waals surface area contributed by atoms with Gasteiger partial charge >= 0.3 is 0 Å². The lowest BCUT2D eigenvalue weighted by Crippen LogP contribution is -2.35. The Hall–Kier alpha value is -2.13. The molecular weight excluding hydrogens is 358 g/mol. The lowest BCUT2D eigenvalue weighted by Gasteiger charge is -2.31. The van der Waals surface area contributed by atoms with Gasteiger partial charge in [-0.25, -0.2) is 0 Å². The molecule has 0 unspecified atom stereocenters. The van der Waals surface area contributed by atoms with Crippen LogP contribution in [0.2, 0.25) is 0 Å². The van der Waals surface area contributed by atoms with Gasteiger partial charge in [0.05, 0.1) is 6.61 Å². The van der Waals surface area contributed by atoms with E-state index in [0.717, 1.165) is 43.0 Å². The number of hydrogen-bond acceptors (Lipinski definition) is 3. The fourth-order valence-corrected chi connectivity index (χ4v) is 4.04.